The number of fused-ring (bicyclic) bond motifs is 1. The van der Waals surface area contributed by atoms with Crippen molar-refractivity contribution in [3.63, 3.8) is 0 Å². The summed E-state index contributed by atoms with van der Waals surface area (Å²) in [6.07, 6.45) is 5.03. The van der Waals surface area contributed by atoms with Crippen LogP contribution in [0.3, 0.4) is 0 Å². The lowest BCUT2D eigenvalue weighted by molar-refractivity contribution is 0.765. The number of anilines is 1. The number of benzene rings is 1. The molecule has 2 N–H and O–H groups in total. The first kappa shape index (κ1) is 10.1. The van der Waals surface area contributed by atoms with E-state index in [9.17, 15) is 4.79 Å². The van der Waals surface area contributed by atoms with Crippen LogP contribution in [0.15, 0.2) is 41.5 Å². The zero-order valence-electron chi connectivity index (χ0n) is 9.31. The minimum atomic E-state index is -0.163. The fourth-order valence-electron chi connectivity index (χ4n) is 2.31. The van der Waals surface area contributed by atoms with Crippen molar-refractivity contribution in [2.75, 3.05) is 5.32 Å². The highest BCUT2D eigenvalue weighted by Crippen LogP contribution is 2.22. The summed E-state index contributed by atoms with van der Waals surface area (Å²) in [5, 5.41) is 3.20. The van der Waals surface area contributed by atoms with Crippen LogP contribution in [0.25, 0.3) is 0 Å². The van der Waals surface area contributed by atoms with Gasteiger partial charge in [-0.15, -0.1) is 0 Å². The molecule has 86 valence electrons. The third-order valence-electron chi connectivity index (χ3n) is 3.10. The Labute approximate surface area is 98.7 Å². The van der Waals surface area contributed by atoms with Gasteiger partial charge < -0.3 is 10.3 Å². The van der Waals surface area contributed by atoms with Crippen LogP contribution >= 0.6 is 0 Å². The zero-order valence-corrected chi connectivity index (χ0v) is 9.31. The standard InChI is InChI=1S/C13H13N3O/c17-13-12(14-5-6-15-13)16-11-7-9-3-1-2-4-10(9)8-11/h1-6,11H,7-8H2,(H,14,16)(H,15,17). The quantitative estimate of drug-likeness (QED) is 0.814. The van der Waals surface area contributed by atoms with E-state index in [1.807, 2.05) is 0 Å². The number of nitrogens with zero attached hydrogens (tertiary/aromatic N) is 1. The molecule has 0 saturated carbocycles. The number of aromatic amines is 1. The van der Waals surface area contributed by atoms with E-state index in [4.69, 9.17) is 0 Å². The molecule has 0 bridgehead atoms. The molecule has 0 spiro atoms. The smallest absolute Gasteiger partial charge is 0.290 e. The van der Waals surface area contributed by atoms with Gasteiger partial charge in [0.25, 0.3) is 5.56 Å². The normalized spacial score (nSPS) is 14.6. The summed E-state index contributed by atoms with van der Waals surface area (Å²) in [5.41, 5.74) is 2.55. The molecular formula is C13H13N3O. The van der Waals surface area contributed by atoms with Gasteiger partial charge in [-0.3, -0.25) is 4.79 Å². The van der Waals surface area contributed by atoms with Crippen molar-refractivity contribution >= 4 is 5.82 Å². The Morgan fingerprint density at radius 3 is 2.59 bits per heavy atom. The van der Waals surface area contributed by atoms with Crippen molar-refractivity contribution in [1.29, 1.82) is 0 Å². The SMILES string of the molecule is O=c1[nH]ccnc1NC1Cc2ccccc2C1. The molecule has 1 aromatic heterocycles. The van der Waals surface area contributed by atoms with Gasteiger partial charge in [-0.2, -0.15) is 0 Å². The van der Waals surface area contributed by atoms with E-state index in [-0.39, 0.29) is 11.6 Å². The molecule has 1 aliphatic carbocycles. The Balaban J connectivity index is 1.78. The van der Waals surface area contributed by atoms with E-state index in [1.54, 1.807) is 6.20 Å². The number of hydrogen-bond donors (Lipinski definition) is 2. The molecule has 1 heterocycles. The molecule has 0 atom stereocenters. The van der Waals surface area contributed by atoms with Gasteiger partial charge in [0.05, 0.1) is 0 Å². The molecule has 0 fully saturated rings. The van der Waals surface area contributed by atoms with E-state index in [1.165, 1.54) is 17.3 Å². The predicted molar refractivity (Wildman–Crippen MR) is 66.1 cm³/mol. The highest BCUT2D eigenvalue weighted by atomic mass is 16.1. The Morgan fingerprint density at radius 1 is 1.24 bits per heavy atom. The topological polar surface area (TPSA) is 57.8 Å². The molecule has 0 amide bonds. The van der Waals surface area contributed by atoms with Gasteiger partial charge in [0.15, 0.2) is 5.82 Å². The van der Waals surface area contributed by atoms with Gasteiger partial charge in [-0.1, -0.05) is 24.3 Å². The van der Waals surface area contributed by atoms with Crippen molar-refractivity contribution in [1.82, 2.24) is 9.97 Å². The Morgan fingerprint density at radius 2 is 1.94 bits per heavy atom. The Hall–Kier alpha value is -2.10. The van der Waals surface area contributed by atoms with Gasteiger partial charge >= 0.3 is 0 Å². The third-order valence-corrected chi connectivity index (χ3v) is 3.10. The van der Waals surface area contributed by atoms with Crippen molar-refractivity contribution in [3.05, 3.63) is 58.1 Å². The number of hydrogen-bond acceptors (Lipinski definition) is 3. The first-order chi connectivity index (χ1) is 8.33. The largest absolute Gasteiger partial charge is 0.362 e. The molecular weight excluding hydrogens is 214 g/mol. The Kier molecular flexibility index (Phi) is 2.40. The van der Waals surface area contributed by atoms with Gasteiger partial charge in [0.2, 0.25) is 0 Å². The number of H-pyrrole nitrogens is 1. The van der Waals surface area contributed by atoms with E-state index >= 15 is 0 Å². The highest BCUT2D eigenvalue weighted by molar-refractivity contribution is 5.39. The first-order valence-corrected chi connectivity index (χ1v) is 5.70. The first-order valence-electron chi connectivity index (χ1n) is 5.70. The maximum atomic E-state index is 11.5. The molecule has 17 heavy (non-hydrogen) atoms. The zero-order chi connectivity index (χ0) is 11.7. The molecule has 3 rings (SSSR count). The molecule has 0 radical (unpaired) electrons. The van der Waals surface area contributed by atoms with Crippen LogP contribution < -0.4 is 10.9 Å². The van der Waals surface area contributed by atoms with Gasteiger partial charge in [0, 0.05) is 18.4 Å². The molecule has 1 aromatic carbocycles. The highest BCUT2D eigenvalue weighted by Gasteiger charge is 2.21. The fraction of sp³-hybridized carbons (Fsp3) is 0.231. The van der Waals surface area contributed by atoms with Crippen LogP contribution in [-0.2, 0) is 12.8 Å². The van der Waals surface area contributed by atoms with E-state index in [0.717, 1.165) is 12.8 Å². The van der Waals surface area contributed by atoms with Crippen LogP contribution in [0.2, 0.25) is 0 Å². The summed E-state index contributed by atoms with van der Waals surface area (Å²) >= 11 is 0. The molecule has 4 heteroatoms. The minimum absolute atomic E-state index is 0.163. The summed E-state index contributed by atoms with van der Waals surface area (Å²) in [6, 6.07) is 8.64. The second-order valence-electron chi connectivity index (χ2n) is 4.29. The summed E-state index contributed by atoms with van der Waals surface area (Å²) in [7, 11) is 0. The molecule has 0 aliphatic heterocycles. The van der Waals surface area contributed by atoms with Crippen LogP contribution in [-0.4, -0.2) is 16.0 Å². The van der Waals surface area contributed by atoms with Crippen LogP contribution in [0, 0.1) is 0 Å². The maximum Gasteiger partial charge on any atom is 0.290 e. The fourth-order valence-corrected chi connectivity index (χ4v) is 2.31. The van der Waals surface area contributed by atoms with E-state index in [0.29, 0.717) is 5.82 Å². The number of nitrogens with one attached hydrogen (secondary N) is 2. The molecule has 0 unspecified atom stereocenters. The summed E-state index contributed by atoms with van der Waals surface area (Å²) in [4.78, 5) is 18.2. The number of rotatable bonds is 2. The third kappa shape index (κ3) is 1.93. The lowest BCUT2D eigenvalue weighted by Crippen LogP contribution is -2.25. The summed E-state index contributed by atoms with van der Waals surface area (Å²) in [6.45, 7) is 0. The van der Waals surface area contributed by atoms with Crippen molar-refractivity contribution in [2.45, 2.75) is 18.9 Å². The lowest BCUT2D eigenvalue weighted by Gasteiger charge is -2.11. The molecule has 1 aliphatic rings. The van der Waals surface area contributed by atoms with Crippen LogP contribution in [0.4, 0.5) is 5.82 Å². The molecule has 4 nitrogen and oxygen atoms in total. The Bertz CT molecular complexity index is 566. The van der Waals surface area contributed by atoms with E-state index in [2.05, 4.69) is 39.6 Å². The second-order valence-corrected chi connectivity index (χ2v) is 4.29. The summed E-state index contributed by atoms with van der Waals surface area (Å²) in [5.74, 6) is 0.408. The van der Waals surface area contributed by atoms with Crippen molar-refractivity contribution < 1.29 is 0 Å². The second kappa shape index (κ2) is 4.05. The van der Waals surface area contributed by atoms with Crippen molar-refractivity contribution in [3.8, 4) is 0 Å². The van der Waals surface area contributed by atoms with Crippen LogP contribution in [0.1, 0.15) is 11.1 Å². The predicted octanol–water partition coefficient (Wildman–Crippen LogP) is 1.35. The number of aromatic nitrogens is 2. The average molecular weight is 227 g/mol. The molecule has 2 aromatic rings. The van der Waals surface area contributed by atoms with Gasteiger partial charge in [-0.25, -0.2) is 4.98 Å². The summed E-state index contributed by atoms with van der Waals surface area (Å²) < 4.78 is 0. The van der Waals surface area contributed by atoms with Crippen LogP contribution in [0.5, 0.6) is 0 Å². The van der Waals surface area contributed by atoms with Gasteiger partial charge in [-0.05, 0) is 24.0 Å². The minimum Gasteiger partial charge on any atom is -0.362 e. The lowest BCUT2D eigenvalue weighted by atomic mass is 10.1. The maximum absolute atomic E-state index is 11.5. The molecule has 0 saturated heterocycles. The van der Waals surface area contributed by atoms with Crippen molar-refractivity contribution in [2.24, 2.45) is 0 Å². The average Bonchev–Trinajstić information content (AvgIpc) is 2.74. The van der Waals surface area contributed by atoms with Gasteiger partial charge in [0.1, 0.15) is 0 Å². The monoisotopic (exact) mass is 227 g/mol. The van der Waals surface area contributed by atoms with E-state index < -0.39 is 0 Å².